The molecule has 6 nitrogen and oxygen atoms in total. The smallest absolute Gasteiger partial charge is 0.229 e. The van der Waals surface area contributed by atoms with E-state index in [2.05, 4.69) is 38.0 Å². The Kier molecular flexibility index (Phi) is 5.34. The van der Waals surface area contributed by atoms with Gasteiger partial charge in [0.1, 0.15) is 11.3 Å². The fraction of sp³-hybridized carbons (Fsp3) is 0.294. The first-order valence-electron chi connectivity index (χ1n) is 7.73. The lowest BCUT2D eigenvalue weighted by atomic mass is 10.2. The van der Waals surface area contributed by atoms with Crippen molar-refractivity contribution in [1.29, 1.82) is 0 Å². The third kappa shape index (κ3) is 3.99. The minimum Gasteiger partial charge on any atom is -0.437 e. The molecule has 1 heterocycles. The van der Waals surface area contributed by atoms with Crippen molar-refractivity contribution < 1.29 is 9.53 Å². The number of allylic oxidation sites excluding steroid dienone is 3. The molecule has 1 aliphatic rings. The number of carbonyl (C=O) groups excluding carboxylic acids is 1. The molecule has 1 fully saturated rings. The molecule has 0 amide bonds. The Morgan fingerprint density at radius 1 is 1.56 bits per heavy atom. The second-order valence-corrected chi connectivity index (χ2v) is 7.22. The average molecular weight is 424 g/mol. The zero-order valence-corrected chi connectivity index (χ0v) is 15.9. The topological polar surface area (TPSA) is 69.4 Å². The largest absolute Gasteiger partial charge is 0.437 e. The molecule has 1 saturated carbocycles. The second-order valence-electron chi connectivity index (χ2n) is 5.83. The molecule has 0 unspecified atom stereocenters. The van der Waals surface area contributed by atoms with Crippen LogP contribution in [0.15, 0.2) is 44.2 Å². The molecule has 8 heteroatoms. The highest BCUT2D eigenvalue weighted by molar-refractivity contribution is 9.10. The van der Waals surface area contributed by atoms with E-state index in [1.54, 1.807) is 13.0 Å². The molecule has 2 aromatic rings. The Labute approximate surface area is 158 Å². The van der Waals surface area contributed by atoms with E-state index >= 15 is 0 Å². The summed E-state index contributed by atoms with van der Waals surface area (Å²) in [6.07, 6.45) is 4.57. The van der Waals surface area contributed by atoms with Crippen LogP contribution in [-0.4, -0.2) is 28.0 Å². The third-order valence-electron chi connectivity index (χ3n) is 3.80. The number of hydrogen-bond acceptors (Lipinski definition) is 5. The van der Waals surface area contributed by atoms with Gasteiger partial charge in [-0.15, -0.1) is 5.10 Å². The van der Waals surface area contributed by atoms with E-state index in [1.165, 1.54) is 18.9 Å². The predicted molar refractivity (Wildman–Crippen MR) is 101 cm³/mol. The van der Waals surface area contributed by atoms with Crippen molar-refractivity contribution in [3.63, 3.8) is 0 Å². The number of carbonyl (C=O) groups is 1. The molecule has 3 rings (SSSR count). The van der Waals surface area contributed by atoms with Crippen molar-refractivity contribution in [3.05, 3.63) is 39.2 Å². The standard InChI is InChI=1S/C17H16BrClN4O2/c1-10(19)7-12(9-24)17(20-2)25-14-6-5-13-16(15(14)18)21-22-23(13)8-11-3-4-11/h5-7,9,11H,2-4,8H2,1H3. The predicted octanol–water partition coefficient (Wildman–Crippen LogP) is 4.24. The van der Waals surface area contributed by atoms with Gasteiger partial charge >= 0.3 is 0 Å². The second kappa shape index (κ2) is 7.49. The molecule has 0 atom stereocenters. The number of fused-ring (bicyclic) bond motifs is 1. The van der Waals surface area contributed by atoms with Crippen molar-refractivity contribution in [3.8, 4) is 5.75 Å². The maximum atomic E-state index is 11.3. The molecule has 0 N–H and O–H groups in total. The molecule has 1 aromatic heterocycles. The summed E-state index contributed by atoms with van der Waals surface area (Å²) in [5.74, 6) is 1.23. The van der Waals surface area contributed by atoms with Gasteiger partial charge in [0.2, 0.25) is 5.88 Å². The van der Waals surface area contributed by atoms with E-state index in [4.69, 9.17) is 16.3 Å². The van der Waals surface area contributed by atoms with Gasteiger partial charge in [-0.1, -0.05) is 16.8 Å². The molecular weight excluding hydrogens is 408 g/mol. The van der Waals surface area contributed by atoms with Crippen LogP contribution < -0.4 is 4.74 Å². The maximum Gasteiger partial charge on any atom is 0.229 e. The summed E-state index contributed by atoms with van der Waals surface area (Å²) in [6, 6.07) is 3.67. The highest BCUT2D eigenvalue weighted by Gasteiger charge is 2.24. The summed E-state index contributed by atoms with van der Waals surface area (Å²) in [6.45, 7) is 5.99. The quantitative estimate of drug-likeness (QED) is 0.220. The lowest BCUT2D eigenvalue weighted by Gasteiger charge is -2.09. The van der Waals surface area contributed by atoms with Crippen LogP contribution in [0.25, 0.3) is 11.0 Å². The summed E-state index contributed by atoms with van der Waals surface area (Å²) in [5, 5.41) is 8.88. The molecule has 0 radical (unpaired) electrons. The number of rotatable bonds is 7. The Morgan fingerprint density at radius 2 is 2.32 bits per heavy atom. The number of aliphatic imine (C=N–C) groups is 1. The van der Waals surface area contributed by atoms with Crippen LogP contribution in [0, 0.1) is 5.92 Å². The van der Waals surface area contributed by atoms with Gasteiger partial charge in [-0.25, -0.2) is 9.67 Å². The van der Waals surface area contributed by atoms with Crippen LogP contribution in [0.3, 0.4) is 0 Å². The fourth-order valence-electron chi connectivity index (χ4n) is 2.39. The number of ether oxygens (including phenoxy) is 1. The van der Waals surface area contributed by atoms with Crippen LogP contribution in [0.2, 0.25) is 0 Å². The third-order valence-corrected chi connectivity index (χ3v) is 4.67. The molecule has 25 heavy (non-hydrogen) atoms. The Bertz CT molecular complexity index is 895. The summed E-state index contributed by atoms with van der Waals surface area (Å²) < 4.78 is 8.30. The minimum atomic E-state index is 0.0698. The number of aldehydes is 1. The Balaban J connectivity index is 1.96. The van der Waals surface area contributed by atoms with Gasteiger partial charge in [-0.2, -0.15) is 0 Å². The van der Waals surface area contributed by atoms with Crippen molar-refractivity contribution in [2.24, 2.45) is 10.9 Å². The van der Waals surface area contributed by atoms with Gasteiger partial charge in [0, 0.05) is 11.6 Å². The zero-order valence-electron chi connectivity index (χ0n) is 13.6. The summed E-state index contributed by atoms with van der Waals surface area (Å²) >= 11 is 9.34. The zero-order chi connectivity index (χ0) is 18.0. The van der Waals surface area contributed by atoms with Gasteiger partial charge in [0.15, 0.2) is 6.29 Å². The maximum absolute atomic E-state index is 11.3. The molecule has 0 spiro atoms. The van der Waals surface area contributed by atoms with Crippen molar-refractivity contribution in [2.45, 2.75) is 26.3 Å². The monoisotopic (exact) mass is 422 g/mol. The first-order valence-corrected chi connectivity index (χ1v) is 8.90. The molecule has 0 aliphatic heterocycles. The number of benzene rings is 1. The minimum absolute atomic E-state index is 0.0698. The van der Waals surface area contributed by atoms with Crippen molar-refractivity contribution in [2.75, 3.05) is 0 Å². The first kappa shape index (κ1) is 17.8. The molecule has 0 bridgehead atoms. The lowest BCUT2D eigenvalue weighted by molar-refractivity contribution is -0.104. The summed E-state index contributed by atoms with van der Waals surface area (Å²) in [4.78, 5) is 15.1. The van der Waals surface area contributed by atoms with Crippen molar-refractivity contribution >= 4 is 51.6 Å². The Hall–Kier alpha value is -1.99. The number of hydrogen-bond donors (Lipinski definition) is 0. The van der Waals surface area contributed by atoms with Crippen LogP contribution in [0.5, 0.6) is 5.75 Å². The number of aromatic nitrogens is 3. The van der Waals surface area contributed by atoms with Crippen LogP contribution in [0.4, 0.5) is 0 Å². The highest BCUT2D eigenvalue weighted by atomic mass is 79.9. The van der Waals surface area contributed by atoms with E-state index in [1.807, 2.05) is 10.7 Å². The van der Waals surface area contributed by atoms with E-state index in [-0.39, 0.29) is 11.5 Å². The summed E-state index contributed by atoms with van der Waals surface area (Å²) in [7, 11) is 0. The molecule has 0 saturated heterocycles. The van der Waals surface area contributed by atoms with Crippen LogP contribution >= 0.6 is 27.5 Å². The normalized spacial score (nSPS) is 15.9. The molecular formula is C17H16BrClN4O2. The van der Waals surface area contributed by atoms with E-state index in [0.29, 0.717) is 33.0 Å². The number of halogens is 2. The highest BCUT2D eigenvalue weighted by Crippen LogP contribution is 2.35. The van der Waals surface area contributed by atoms with Crippen LogP contribution in [-0.2, 0) is 11.3 Å². The van der Waals surface area contributed by atoms with Gasteiger partial charge in [0.05, 0.1) is 15.6 Å². The SMILES string of the molecule is C=NC(Oc1ccc2c(nnn2CC2CC2)c1Br)=C(C=O)C=C(C)Cl. The van der Waals surface area contributed by atoms with Gasteiger partial charge in [-0.05, 0) is 66.5 Å². The fourth-order valence-corrected chi connectivity index (χ4v) is 3.00. The van der Waals surface area contributed by atoms with Crippen molar-refractivity contribution in [1.82, 2.24) is 15.0 Å². The molecule has 130 valence electrons. The molecule has 1 aliphatic carbocycles. The van der Waals surface area contributed by atoms with Gasteiger partial charge in [-0.3, -0.25) is 4.79 Å². The lowest BCUT2D eigenvalue weighted by Crippen LogP contribution is -2.02. The van der Waals surface area contributed by atoms with E-state index in [0.717, 1.165) is 12.1 Å². The van der Waals surface area contributed by atoms with E-state index < -0.39 is 0 Å². The summed E-state index contributed by atoms with van der Waals surface area (Å²) in [5.41, 5.74) is 1.82. The van der Waals surface area contributed by atoms with Gasteiger partial charge in [0.25, 0.3) is 0 Å². The van der Waals surface area contributed by atoms with E-state index in [9.17, 15) is 4.79 Å². The first-order chi connectivity index (χ1) is 12.0. The molecule has 1 aromatic carbocycles. The average Bonchev–Trinajstić information content (AvgIpc) is 3.31. The van der Waals surface area contributed by atoms with Crippen LogP contribution in [0.1, 0.15) is 19.8 Å². The Morgan fingerprint density at radius 3 is 2.92 bits per heavy atom. The number of nitrogens with zero attached hydrogens (tertiary/aromatic N) is 4. The van der Waals surface area contributed by atoms with Gasteiger partial charge < -0.3 is 4.74 Å².